The summed E-state index contributed by atoms with van der Waals surface area (Å²) in [7, 11) is 2.83. The largest absolute Gasteiger partial charge is 0.504 e. The Labute approximate surface area is 176 Å². The van der Waals surface area contributed by atoms with Gasteiger partial charge in [-0.2, -0.15) is 0 Å². The number of esters is 1. The van der Waals surface area contributed by atoms with Gasteiger partial charge < -0.3 is 14.2 Å². The molecule has 0 radical (unpaired) electrons. The molecule has 1 saturated carbocycles. The van der Waals surface area contributed by atoms with Crippen molar-refractivity contribution >= 4 is 17.5 Å². The van der Waals surface area contributed by atoms with Crippen LogP contribution in [0.3, 0.4) is 0 Å². The van der Waals surface area contributed by atoms with Crippen LogP contribution in [-0.2, 0) is 25.5 Å². The maximum atomic E-state index is 13.3. The van der Waals surface area contributed by atoms with E-state index in [1.54, 1.807) is 31.6 Å². The van der Waals surface area contributed by atoms with Gasteiger partial charge in [0.15, 0.2) is 5.78 Å². The molecule has 0 N–H and O–H groups in total. The Morgan fingerprint density at radius 2 is 2.10 bits per heavy atom. The van der Waals surface area contributed by atoms with Crippen LogP contribution in [0, 0.1) is 11.3 Å². The van der Waals surface area contributed by atoms with Crippen molar-refractivity contribution in [1.29, 1.82) is 0 Å². The Balaban J connectivity index is 1.76. The number of methoxy groups -OCH3 is 2. The second-order valence-corrected chi connectivity index (χ2v) is 7.65. The van der Waals surface area contributed by atoms with Gasteiger partial charge in [0, 0.05) is 17.4 Å². The number of rotatable bonds is 7. The molecule has 2 unspecified atom stereocenters. The molecule has 1 spiro atoms. The molecule has 1 aromatic carbocycles. The number of ketones is 2. The molecule has 6 heteroatoms. The fraction of sp³-hybridized carbons (Fsp3) is 0.375. The Hall–Kier alpha value is -3.15. The van der Waals surface area contributed by atoms with E-state index in [1.165, 1.54) is 7.11 Å². The molecule has 3 rings (SSSR count). The molecule has 1 aromatic rings. The fourth-order valence-corrected chi connectivity index (χ4v) is 4.19. The maximum absolute atomic E-state index is 13.3. The molecule has 2 aliphatic carbocycles. The predicted molar refractivity (Wildman–Crippen MR) is 111 cm³/mol. The van der Waals surface area contributed by atoms with Crippen molar-refractivity contribution < 1.29 is 28.6 Å². The summed E-state index contributed by atoms with van der Waals surface area (Å²) in [6, 6.07) is 5.48. The summed E-state index contributed by atoms with van der Waals surface area (Å²) >= 11 is 0. The zero-order valence-electron chi connectivity index (χ0n) is 17.3. The van der Waals surface area contributed by atoms with E-state index in [2.05, 4.69) is 6.58 Å². The third kappa shape index (κ3) is 4.22. The van der Waals surface area contributed by atoms with Crippen LogP contribution in [0.4, 0.5) is 0 Å². The molecule has 6 nitrogen and oxygen atoms in total. The number of fused-ring (bicyclic) bond motifs is 1. The zero-order valence-corrected chi connectivity index (χ0v) is 17.3. The number of hydrogen-bond donors (Lipinski definition) is 0. The first kappa shape index (κ1) is 21.6. The Morgan fingerprint density at radius 1 is 1.30 bits per heavy atom. The minimum Gasteiger partial charge on any atom is -0.504 e. The smallest absolute Gasteiger partial charge is 0.316 e. The van der Waals surface area contributed by atoms with Crippen LogP contribution in [0.1, 0.15) is 35.2 Å². The van der Waals surface area contributed by atoms with Gasteiger partial charge in [-0.15, -0.1) is 0 Å². The van der Waals surface area contributed by atoms with Gasteiger partial charge in [-0.3, -0.25) is 14.4 Å². The Bertz CT molecular complexity index is 918. The zero-order chi connectivity index (χ0) is 21.7. The van der Waals surface area contributed by atoms with Gasteiger partial charge in [0.05, 0.1) is 20.5 Å². The normalized spacial score (nSPS) is 23.5. The molecule has 0 amide bonds. The van der Waals surface area contributed by atoms with Crippen LogP contribution in [0.25, 0.3) is 0 Å². The van der Waals surface area contributed by atoms with Crippen molar-refractivity contribution in [1.82, 2.24) is 0 Å². The molecule has 158 valence electrons. The monoisotopic (exact) mass is 410 g/mol. The highest BCUT2D eigenvalue weighted by atomic mass is 16.5. The van der Waals surface area contributed by atoms with Crippen molar-refractivity contribution in [2.45, 2.75) is 25.7 Å². The highest BCUT2D eigenvalue weighted by Crippen LogP contribution is 2.48. The molecule has 1 fully saturated rings. The van der Waals surface area contributed by atoms with E-state index in [0.717, 1.165) is 11.1 Å². The van der Waals surface area contributed by atoms with E-state index in [0.29, 0.717) is 30.8 Å². The molecule has 0 aliphatic heterocycles. The quantitative estimate of drug-likeness (QED) is 0.296. The summed E-state index contributed by atoms with van der Waals surface area (Å²) < 4.78 is 15.5. The minimum atomic E-state index is -0.863. The van der Waals surface area contributed by atoms with Crippen LogP contribution >= 0.6 is 0 Å². The SMILES string of the molecule is C=CC(=CC=COC)COc1ccc2c(c1)C(=O)C1(CCC(=O)C(C(=O)OC)C1)C2. The molecular weight excluding hydrogens is 384 g/mol. The Kier molecular flexibility index (Phi) is 6.55. The average Bonchev–Trinajstić information content (AvgIpc) is 3.03. The van der Waals surface area contributed by atoms with E-state index >= 15 is 0 Å². The minimum absolute atomic E-state index is 0.0214. The van der Waals surface area contributed by atoms with Crippen LogP contribution in [-0.4, -0.2) is 38.4 Å². The molecular formula is C24H26O6. The van der Waals surface area contributed by atoms with Gasteiger partial charge in [0.2, 0.25) is 0 Å². The van der Waals surface area contributed by atoms with Crippen LogP contribution in [0.15, 0.2) is 54.8 Å². The summed E-state index contributed by atoms with van der Waals surface area (Å²) in [5, 5.41) is 0. The number of benzene rings is 1. The van der Waals surface area contributed by atoms with Gasteiger partial charge in [-0.25, -0.2) is 0 Å². The lowest BCUT2D eigenvalue weighted by atomic mass is 9.67. The summed E-state index contributed by atoms with van der Waals surface area (Å²) in [5.41, 5.74) is 1.67. The van der Waals surface area contributed by atoms with Gasteiger partial charge in [-0.05, 0) is 48.6 Å². The molecule has 0 saturated heterocycles. The lowest BCUT2D eigenvalue weighted by Crippen LogP contribution is -2.41. The van der Waals surface area contributed by atoms with Gasteiger partial charge in [0.25, 0.3) is 0 Å². The highest BCUT2D eigenvalue weighted by Gasteiger charge is 2.52. The molecule has 2 aliphatic rings. The first-order valence-electron chi connectivity index (χ1n) is 9.86. The number of Topliss-reactive ketones (excluding diaryl/α,β-unsaturated/α-hetero) is 2. The number of ether oxygens (including phenoxy) is 3. The van der Waals surface area contributed by atoms with E-state index < -0.39 is 17.3 Å². The van der Waals surface area contributed by atoms with Gasteiger partial charge in [-0.1, -0.05) is 24.8 Å². The van der Waals surface area contributed by atoms with Crippen molar-refractivity contribution in [2.24, 2.45) is 11.3 Å². The molecule has 30 heavy (non-hydrogen) atoms. The number of allylic oxidation sites excluding steroid dienone is 2. The summed E-state index contributed by atoms with van der Waals surface area (Å²) in [5.74, 6) is -1.01. The average molecular weight is 410 g/mol. The standard InChI is InChI=1S/C24H26O6/c1-4-16(6-5-11-28-2)15-30-18-8-7-17-13-24(22(26)19(17)12-18)10-9-21(25)20(14-24)23(27)29-3/h4-8,11-12,20H,1,9-10,13-15H2,2-3H3. The number of carbonyl (C=O) groups is 3. The molecule has 0 bridgehead atoms. The number of hydrogen-bond acceptors (Lipinski definition) is 6. The van der Waals surface area contributed by atoms with E-state index in [4.69, 9.17) is 14.2 Å². The van der Waals surface area contributed by atoms with Crippen molar-refractivity contribution in [3.05, 3.63) is 66.0 Å². The maximum Gasteiger partial charge on any atom is 0.316 e. The molecule has 2 atom stereocenters. The predicted octanol–water partition coefficient (Wildman–Crippen LogP) is 3.61. The van der Waals surface area contributed by atoms with E-state index in [1.807, 2.05) is 18.2 Å². The number of carbonyl (C=O) groups excluding carboxylic acids is 3. The first-order chi connectivity index (χ1) is 14.4. The topological polar surface area (TPSA) is 78.9 Å². The summed E-state index contributed by atoms with van der Waals surface area (Å²) in [6.07, 6.45) is 8.23. The van der Waals surface area contributed by atoms with E-state index in [-0.39, 0.29) is 24.4 Å². The first-order valence-corrected chi connectivity index (χ1v) is 9.86. The molecule has 0 heterocycles. The van der Waals surface area contributed by atoms with Crippen LogP contribution in [0.5, 0.6) is 5.75 Å². The summed E-state index contributed by atoms with van der Waals surface area (Å²) in [4.78, 5) is 37.5. The lowest BCUT2D eigenvalue weighted by molar-refractivity contribution is -0.152. The van der Waals surface area contributed by atoms with Crippen molar-refractivity contribution in [3.63, 3.8) is 0 Å². The molecule has 0 aromatic heterocycles. The fourth-order valence-electron chi connectivity index (χ4n) is 4.19. The Morgan fingerprint density at radius 3 is 2.80 bits per heavy atom. The highest BCUT2D eigenvalue weighted by molar-refractivity contribution is 6.08. The second kappa shape index (κ2) is 9.11. The van der Waals surface area contributed by atoms with Crippen LogP contribution in [0.2, 0.25) is 0 Å². The van der Waals surface area contributed by atoms with Crippen LogP contribution < -0.4 is 4.74 Å². The second-order valence-electron chi connectivity index (χ2n) is 7.65. The third-order valence-electron chi connectivity index (χ3n) is 5.85. The third-order valence-corrected chi connectivity index (χ3v) is 5.85. The lowest BCUT2D eigenvalue weighted by Gasteiger charge is -2.34. The van der Waals surface area contributed by atoms with E-state index in [9.17, 15) is 14.4 Å². The summed E-state index contributed by atoms with van der Waals surface area (Å²) in [6.45, 7) is 4.07. The van der Waals surface area contributed by atoms with Crippen molar-refractivity contribution in [2.75, 3.05) is 20.8 Å². The van der Waals surface area contributed by atoms with Crippen molar-refractivity contribution in [3.8, 4) is 5.75 Å². The van der Waals surface area contributed by atoms with Gasteiger partial charge in [0.1, 0.15) is 24.1 Å². The van der Waals surface area contributed by atoms with Gasteiger partial charge >= 0.3 is 5.97 Å².